The second-order valence-corrected chi connectivity index (χ2v) is 8.97. The topological polar surface area (TPSA) is 123 Å². The fourth-order valence-electron chi connectivity index (χ4n) is 3.65. The zero-order valence-corrected chi connectivity index (χ0v) is 20.6. The van der Waals surface area contributed by atoms with Gasteiger partial charge in [0.2, 0.25) is 11.8 Å². The molecule has 0 unspecified atom stereocenters. The lowest BCUT2D eigenvalue weighted by Crippen LogP contribution is -2.23. The number of carbonyl (C=O) groups is 2. The number of aromatic nitrogens is 3. The highest BCUT2D eigenvalue weighted by molar-refractivity contribution is 5.92. The lowest BCUT2D eigenvalue weighted by atomic mass is 10.1. The third-order valence-electron chi connectivity index (χ3n) is 5.47. The average Bonchev–Trinajstić information content (AvgIpc) is 3.48. The minimum absolute atomic E-state index is 0.0904. The second-order valence-electron chi connectivity index (χ2n) is 8.97. The molecule has 4 aromatic rings. The van der Waals surface area contributed by atoms with E-state index < -0.39 is 0 Å². The maximum Gasteiger partial charge on any atom is 0.273 e. The summed E-state index contributed by atoms with van der Waals surface area (Å²) in [5.74, 6) is 1.66. The number of pyridine rings is 1. The zero-order valence-electron chi connectivity index (χ0n) is 20.6. The first-order valence-corrected chi connectivity index (χ1v) is 11.9. The molecule has 9 heteroatoms. The van der Waals surface area contributed by atoms with Crippen LogP contribution in [0.25, 0.3) is 11.5 Å². The Labute approximate surface area is 209 Å². The average molecular weight is 488 g/mol. The SMILES string of the molecule is Cc1oc(-c2cccc(NC(=O)CCc3cccnc3)c2)nc1CNC(=O)c1cc(CC(C)C)on1. The molecule has 3 heterocycles. The van der Waals surface area contributed by atoms with E-state index in [2.05, 4.69) is 39.6 Å². The van der Waals surface area contributed by atoms with Crippen molar-refractivity contribution >= 4 is 17.5 Å². The number of rotatable bonds is 10. The van der Waals surface area contributed by atoms with E-state index in [0.717, 1.165) is 17.5 Å². The van der Waals surface area contributed by atoms with E-state index in [1.807, 2.05) is 30.3 Å². The fraction of sp³-hybridized carbons (Fsp3) is 0.296. The molecule has 2 N–H and O–H groups in total. The quantitative estimate of drug-likeness (QED) is 0.331. The Morgan fingerprint density at radius 1 is 1.11 bits per heavy atom. The smallest absolute Gasteiger partial charge is 0.273 e. The number of anilines is 1. The Morgan fingerprint density at radius 3 is 2.75 bits per heavy atom. The number of aryl methyl sites for hydroxylation is 2. The highest BCUT2D eigenvalue weighted by Crippen LogP contribution is 2.24. The van der Waals surface area contributed by atoms with Crippen molar-refractivity contribution in [3.8, 4) is 11.5 Å². The molecule has 9 nitrogen and oxygen atoms in total. The standard InChI is InChI=1S/C27H29N5O4/c1-17(2)12-22-14-23(32-36-22)26(34)29-16-24-18(3)35-27(31-24)20-7-4-8-21(13-20)30-25(33)10-9-19-6-5-11-28-15-19/h4-8,11,13-15,17H,9-10,12,16H2,1-3H3,(H,29,34)(H,30,33). The van der Waals surface area contributed by atoms with Crippen LogP contribution in [0.2, 0.25) is 0 Å². The van der Waals surface area contributed by atoms with Gasteiger partial charge in [0.15, 0.2) is 5.69 Å². The summed E-state index contributed by atoms with van der Waals surface area (Å²) in [6.07, 6.45) is 5.15. The van der Waals surface area contributed by atoms with E-state index in [0.29, 0.717) is 47.6 Å². The summed E-state index contributed by atoms with van der Waals surface area (Å²) >= 11 is 0. The first-order valence-electron chi connectivity index (χ1n) is 11.9. The monoisotopic (exact) mass is 487 g/mol. The van der Waals surface area contributed by atoms with Gasteiger partial charge in [-0.15, -0.1) is 0 Å². The Kier molecular flexibility index (Phi) is 7.89. The third-order valence-corrected chi connectivity index (χ3v) is 5.47. The first-order chi connectivity index (χ1) is 17.4. The van der Waals surface area contributed by atoms with Crippen molar-refractivity contribution in [1.29, 1.82) is 0 Å². The molecule has 0 fully saturated rings. The van der Waals surface area contributed by atoms with Gasteiger partial charge in [0, 0.05) is 42.6 Å². The summed E-state index contributed by atoms with van der Waals surface area (Å²) in [6.45, 7) is 6.12. The van der Waals surface area contributed by atoms with E-state index in [1.54, 1.807) is 31.5 Å². The summed E-state index contributed by atoms with van der Waals surface area (Å²) in [5, 5.41) is 9.57. The van der Waals surface area contributed by atoms with Gasteiger partial charge in [-0.3, -0.25) is 14.6 Å². The molecule has 0 atom stereocenters. The number of nitrogens with one attached hydrogen (secondary N) is 2. The Hall–Kier alpha value is -4.27. The minimum Gasteiger partial charge on any atom is -0.441 e. The van der Waals surface area contributed by atoms with Crippen LogP contribution >= 0.6 is 0 Å². The molecule has 2 amide bonds. The van der Waals surface area contributed by atoms with Crippen LogP contribution in [0.15, 0.2) is 63.8 Å². The lowest BCUT2D eigenvalue weighted by molar-refractivity contribution is -0.116. The summed E-state index contributed by atoms with van der Waals surface area (Å²) in [4.78, 5) is 33.5. The molecule has 0 aliphatic carbocycles. The second kappa shape index (κ2) is 11.4. The van der Waals surface area contributed by atoms with E-state index in [-0.39, 0.29) is 24.1 Å². The molecule has 0 saturated carbocycles. The van der Waals surface area contributed by atoms with Crippen LogP contribution in [-0.4, -0.2) is 26.9 Å². The molecule has 36 heavy (non-hydrogen) atoms. The van der Waals surface area contributed by atoms with Gasteiger partial charge in [-0.1, -0.05) is 31.1 Å². The highest BCUT2D eigenvalue weighted by Gasteiger charge is 2.16. The molecular formula is C27H29N5O4. The molecule has 3 aromatic heterocycles. The first kappa shape index (κ1) is 24.8. The van der Waals surface area contributed by atoms with Crippen molar-refractivity contribution in [3.63, 3.8) is 0 Å². The minimum atomic E-state index is -0.339. The van der Waals surface area contributed by atoms with Crippen molar-refractivity contribution in [2.75, 3.05) is 5.32 Å². The van der Waals surface area contributed by atoms with Crippen molar-refractivity contribution in [2.45, 2.75) is 46.6 Å². The van der Waals surface area contributed by atoms with Gasteiger partial charge >= 0.3 is 0 Å². The molecule has 0 spiro atoms. The maximum atomic E-state index is 12.5. The Balaban J connectivity index is 1.35. The molecule has 4 rings (SSSR count). The van der Waals surface area contributed by atoms with Crippen LogP contribution in [0.3, 0.4) is 0 Å². The molecule has 1 aromatic carbocycles. The van der Waals surface area contributed by atoms with Crippen LogP contribution in [-0.2, 0) is 24.2 Å². The number of hydrogen-bond acceptors (Lipinski definition) is 7. The number of amides is 2. The van der Waals surface area contributed by atoms with Crippen molar-refractivity contribution in [3.05, 3.63) is 83.3 Å². The van der Waals surface area contributed by atoms with Crippen LogP contribution < -0.4 is 10.6 Å². The van der Waals surface area contributed by atoms with E-state index in [4.69, 9.17) is 8.94 Å². The van der Waals surface area contributed by atoms with Gasteiger partial charge in [0.05, 0.1) is 6.54 Å². The number of hydrogen-bond donors (Lipinski definition) is 2. The van der Waals surface area contributed by atoms with Gasteiger partial charge in [-0.05, 0) is 49.1 Å². The summed E-state index contributed by atoms with van der Waals surface area (Å²) in [5.41, 5.74) is 3.22. The third kappa shape index (κ3) is 6.65. The van der Waals surface area contributed by atoms with Gasteiger partial charge in [0.25, 0.3) is 5.91 Å². The summed E-state index contributed by atoms with van der Waals surface area (Å²) < 4.78 is 11.1. The molecule has 0 aliphatic heterocycles. The number of benzene rings is 1. The summed E-state index contributed by atoms with van der Waals surface area (Å²) in [7, 11) is 0. The fourth-order valence-corrected chi connectivity index (χ4v) is 3.65. The van der Waals surface area contributed by atoms with E-state index >= 15 is 0 Å². The molecule has 0 radical (unpaired) electrons. The predicted octanol–water partition coefficient (Wildman–Crippen LogP) is 4.73. The van der Waals surface area contributed by atoms with Gasteiger partial charge in [-0.2, -0.15) is 0 Å². The van der Waals surface area contributed by atoms with Crippen LogP contribution in [0, 0.1) is 12.8 Å². The number of carbonyl (C=O) groups excluding carboxylic acids is 2. The number of oxazole rings is 1. The van der Waals surface area contributed by atoms with Crippen molar-refractivity contribution in [2.24, 2.45) is 5.92 Å². The van der Waals surface area contributed by atoms with Crippen LogP contribution in [0.4, 0.5) is 5.69 Å². The van der Waals surface area contributed by atoms with Gasteiger partial charge in [0.1, 0.15) is 17.2 Å². The highest BCUT2D eigenvalue weighted by atomic mass is 16.5. The Bertz CT molecular complexity index is 1330. The van der Waals surface area contributed by atoms with Crippen molar-refractivity contribution < 1.29 is 18.5 Å². The normalized spacial score (nSPS) is 11.0. The molecule has 186 valence electrons. The zero-order chi connectivity index (χ0) is 25.5. The molecular weight excluding hydrogens is 458 g/mol. The lowest BCUT2D eigenvalue weighted by Gasteiger charge is -2.06. The molecule has 0 saturated heterocycles. The maximum absolute atomic E-state index is 12.5. The molecule has 0 bridgehead atoms. The summed E-state index contributed by atoms with van der Waals surface area (Å²) in [6, 6.07) is 12.8. The molecule has 0 aliphatic rings. The van der Waals surface area contributed by atoms with Gasteiger partial charge < -0.3 is 19.6 Å². The largest absolute Gasteiger partial charge is 0.441 e. The predicted molar refractivity (Wildman–Crippen MR) is 134 cm³/mol. The number of nitrogens with zero attached hydrogens (tertiary/aromatic N) is 3. The Morgan fingerprint density at radius 2 is 1.97 bits per heavy atom. The van der Waals surface area contributed by atoms with Gasteiger partial charge in [-0.25, -0.2) is 4.98 Å². The van der Waals surface area contributed by atoms with E-state index in [1.165, 1.54) is 0 Å². The van der Waals surface area contributed by atoms with Crippen LogP contribution in [0.1, 0.15) is 53.5 Å². The van der Waals surface area contributed by atoms with Crippen LogP contribution in [0.5, 0.6) is 0 Å². The van der Waals surface area contributed by atoms with E-state index in [9.17, 15) is 9.59 Å². The van der Waals surface area contributed by atoms with Crippen molar-refractivity contribution in [1.82, 2.24) is 20.4 Å².